The highest BCUT2D eigenvalue weighted by molar-refractivity contribution is 5.31. The molecule has 1 aromatic carbocycles. The van der Waals surface area contributed by atoms with Gasteiger partial charge in [-0.1, -0.05) is 12.1 Å². The number of halogens is 1. The van der Waals surface area contributed by atoms with Crippen molar-refractivity contribution < 1.29 is 4.39 Å². The second-order valence-corrected chi connectivity index (χ2v) is 3.10. The predicted molar refractivity (Wildman–Crippen MR) is 54.1 cm³/mol. The topological polar surface area (TPSA) is 56.7 Å². The van der Waals surface area contributed by atoms with Gasteiger partial charge in [-0.25, -0.2) is 14.1 Å². The molecule has 0 aliphatic heterocycles. The summed E-state index contributed by atoms with van der Waals surface area (Å²) in [7, 11) is 0. The SMILES string of the molecule is NCCc1ncn(-c2ccccc2F)n1. The number of hydrogen-bond donors (Lipinski definition) is 1. The van der Waals surface area contributed by atoms with Gasteiger partial charge in [-0.15, -0.1) is 0 Å². The minimum absolute atomic E-state index is 0.318. The first kappa shape index (κ1) is 9.79. The molecule has 0 bridgehead atoms. The van der Waals surface area contributed by atoms with Gasteiger partial charge in [0.2, 0.25) is 0 Å². The van der Waals surface area contributed by atoms with Crippen LogP contribution in [0.15, 0.2) is 30.6 Å². The maximum absolute atomic E-state index is 13.4. The number of para-hydroxylation sites is 1. The number of aromatic nitrogens is 3. The molecule has 15 heavy (non-hydrogen) atoms. The molecule has 0 aliphatic rings. The van der Waals surface area contributed by atoms with E-state index in [9.17, 15) is 4.39 Å². The fourth-order valence-corrected chi connectivity index (χ4v) is 1.29. The van der Waals surface area contributed by atoms with E-state index in [1.165, 1.54) is 17.1 Å². The molecule has 1 aromatic heterocycles. The van der Waals surface area contributed by atoms with E-state index in [4.69, 9.17) is 5.73 Å². The summed E-state index contributed by atoms with van der Waals surface area (Å²) in [4.78, 5) is 4.03. The van der Waals surface area contributed by atoms with Gasteiger partial charge in [-0.2, -0.15) is 5.10 Å². The first-order valence-electron chi connectivity index (χ1n) is 4.67. The van der Waals surface area contributed by atoms with Crippen LogP contribution in [0.5, 0.6) is 0 Å². The van der Waals surface area contributed by atoms with Crippen molar-refractivity contribution in [3.63, 3.8) is 0 Å². The van der Waals surface area contributed by atoms with E-state index in [1.54, 1.807) is 18.2 Å². The second kappa shape index (κ2) is 4.18. The first-order valence-corrected chi connectivity index (χ1v) is 4.67. The average Bonchev–Trinajstić information content (AvgIpc) is 2.68. The Labute approximate surface area is 86.6 Å². The van der Waals surface area contributed by atoms with Gasteiger partial charge in [0, 0.05) is 6.42 Å². The van der Waals surface area contributed by atoms with Crippen molar-refractivity contribution in [3.8, 4) is 5.69 Å². The van der Waals surface area contributed by atoms with Gasteiger partial charge in [0.05, 0.1) is 0 Å². The van der Waals surface area contributed by atoms with Crippen LogP contribution in [0.4, 0.5) is 4.39 Å². The molecule has 0 saturated heterocycles. The zero-order valence-electron chi connectivity index (χ0n) is 8.10. The molecule has 4 nitrogen and oxygen atoms in total. The smallest absolute Gasteiger partial charge is 0.152 e. The molecular formula is C10H11FN4. The van der Waals surface area contributed by atoms with Crippen molar-refractivity contribution in [2.45, 2.75) is 6.42 Å². The zero-order valence-corrected chi connectivity index (χ0v) is 8.10. The van der Waals surface area contributed by atoms with E-state index >= 15 is 0 Å². The Bertz CT molecular complexity index is 452. The van der Waals surface area contributed by atoms with E-state index in [2.05, 4.69) is 10.1 Å². The van der Waals surface area contributed by atoms with Crippen molar-refractivity contribution in [2.75, 3.05) is 6.54 Å². The molecule has 0 atom stereocenters. The highest BCUT2D eigenvalue weighted by Gasteiger charge is 2.05. The Hall–Kier alpha value is -1.75. The third-order valence-electron chi connectivity index (χ3n) is 2.01. The number of nitrogens with two attached hydrogens (primary N) is 1. The van der Waals surface area contributed by atoms with Crippen molar-refractivity contribution >= 4 is 0 Å². The highest BCUT2D eigenvalue weighted by atomic mass is 19.1. The van der Waals surface area contributed by atoms with Crippen LogP contribution in [0.25, 0.3) is 5.69 Å². The Morgan fingerprint density at radius 2 is 2.13 bits per heavy atom. The predicted octanol–water partition coefficient (Wildman–Crippen LogP) is 0.908. The lowest BCUT2D eigenvalue weighted by Gasteiger charge is -2.00. The standard InChI is InChI=1S/C10H11FN4/c11-8-3-1-2-4-9(8)15-7-13-10(14-15)5-6-12/h1-4,7H,5-6,12H2. The molecule has 78 valence electrons. The molecule has 1 heterocycles. The average molecular weight is 206 g/mol. The lowest BCUT2D eigenvalue weighted by atomic mass is 10.3. The van der Waals surface area contributed by atoms with E-state index < -0.39 is 0 Å². The van der Waals surface area contributed by atoms with Crippen LogP contribution >= 0.6 is 0 Å². The lowest BCUT2D eigenvalue weighted by Crippen LogP contribution is -2.05. The van der Waals surface area contributed by atoms with Gasteiger partial charge in [0.15, 0.2) is 5.82 Å². The lowest BCUT2D eigenvalue weighted by molar-refractivity contribution is 0.609. The summed E-state index contributed by atoms with van der Waals surface area (Å²) in [6.07, 6.45) is 2.09. The maximum Gasteiger partial charge on any atom is 0.152 e. The third-order valence-corrected chi connectivity index (χ3v) is 2.01. The Morgan fingerprint density at radius 1 is 1.33 bits per heavy atom. The molecule has 0 saturated carbocycles. The summed E-state index contributed by atoms with van der Waals surface area (Å²) < 4.78 is 14.8. The van der Waals surface area contributed by atoms with Crippen molar-refractivity contribution in [3.05, 3.63) is 42.2 Å². The summed E-state index contributed by atoms with van der Waals surface area (Å²) >= 11 is 0. The van der Waals surface area contributed by atoms with Crippen molar-refractivity contribution in [1.82, 2.24) is 14.8 Å². The highest BCUT2D eigenvalue weighted by Crippen LogP contribution is 2.10. The van der Waals surface area contributed by atoms with Crippen LogP contribution in [-0.4, -0.2) is 21.3 Å². The minimum atomic E-state index is -0.318. The van der Waals surface area contributed by atoms with Crippen LogP contribution in [0.2, 0.25) is 0 Å². The second-order valence-electron chi connectivity index (χ2n) is 3.10. The molecular weight excluding hydrogens is 195 g/mol. The third kappa shape index (κ3) is 2.02. The van der Waals surface area contributed by atoms with Gasteiger partial charge in [-0.05, 0) is 18.7 Å². The zero-order chi connectivity index (χ0) is 10.7. The Balaban J connectivity index is 2.33. The Morgan fingerprint density at radius 3 is 2.87 bits per heavy atom. The molecule has 2 N–H and O–H groups in total. The first-order chi connectivity index (χ1) is 7.31. The minimum Gasteiger partial charge on any atom is -0.330 e. The maximum atomic E-state index is 13.4. The van der Waals surface area contributed by atoms with E-state index in [-0.39, 0.29) is 5.82 Å². The largest absolute Gasteiger partial charge is 0.330 e. The van der Waals surface area contributed by atoms with Crippen molar-refractivity contribution in [1.29, 1.82) is 0 Å². The summed E-state index contributed by atoms with van der Waals surface area (Å²) in [5.74, 6) is 0.308. The van der Waals surface area contributed by atoms with Crippen LogP contribution in [0.1, 0.15) is 5.82 Å². The van der Waals surface area contributed by atoms with Crippen LogP contribution in [0, 0.1) is 5.82 Å². The summed E-state index contributed by atoms with van der Waals surface area (Å²) in [6.45, 7) is 0.487. The number of nitrogens with zero attached hydrogens (tertiary/aromatic N) is 3. The fraction of sp³-hybridized carbons (Fsp3) is 0.200. The molecule has 2 rings (SSSR count). The van der Waals surface area contributed by atoms with E-state index in [0.717, 1.165) is 0 Å². The molecule has 0 spiro atoms. The van der Waals surface area contributed by atoms with Gasteiger partial charge in [0.1, 0.15) is 17.8 Å². The van der Waals surface area contributed by atoms with E-state index in [1.807, 2.05) is 0 Å². The molecule has 0 aliphatic carbocycles. The Kier molecular flexibility index (Phi) is 2.73. The monoisotopic (exact) mass is 206 g/mol. The van der Waals surface area contributed by atoms with Gasteiger partial charge in [0.25, 0.3) is 0 Å². The molecule has 0 unspecified atom stereocenters. The van der Waals surface area contributed by atoms with Crippen LogP contribution in [0.3, 0.4) is 0 Å². The normalized spacial score (nSPS) is 10.5. The molecule has 0 amide bonds. The van der Waals surface area contributed by atoms with Gasteiger partial charge < -0.3 is 5.73 Å². The molecule has 0 radical (unpaired) electrons. The molecule has 5 heteroatoms. The summed E-state index contributed by atoms with van der Waals surface area (Å²) in [5.41, 5.74) is 5.77. The number of benzene rings is 1. The number of rotatable bonds is 3. The summed E-state index contributed by atoms with van der Waals surface area (Å²) in [6, 6.07) is 6.43. The van der Waals surface area contributed by atoms with E-state index in [0.29, 0.717) is 24.5 Å². The van der Waals surface area contributed by atoms with Crippen molar-refractivity contribution in [2.24, 2.45) is 5.73 Å². The molecule has 2 aromatic rings. The number of hydrogen-bond acceptors (Lipinski definition) is 3. The van der Waals surface area contributed by atoms with Gasteiger partial charge >= 0.3 is 0 Å². The quantitative estimate of drug-likeness (QED) is 0.812. The summed E-state index contributed by atoms with van der Waals surface area (Å²) in [5, 5.41) is 4.12. The molecule has 0 fully saturated rings. The fourth-order valence-electron chi connectivity index (χ4n) is 1.29. The van der Waals surface area contributed by atoms with Crippen LogP contribution < -0.4 is 5.73 Å². The van der Waals surface area contributed by atoms with Gasteiger partial charge in [-0.3, -0.25) is 0 Å². The van der Waals surface area contributed by atoms with Crippen LogP contribution in [-0.2, 0) is 6.42 Å².